The molecule has 2 aliphatic rings. The number of carboxylic acids is 1. The van der Waals surface area contributed by atoms with Gasteiger partial charge in [-0.3, -0.25) is 0 Å². The quantitative estimate of drug-likeness (QED) is 0.654. The standard InChI is InChI=1S/C11H9NO2/c13-11(14)10-7-6-8-4-2-1-3-5-9(8)12-10/h1-7,12H,(H,13,14). The van der Waals surface area contributed by atoms with E-state index in [1.165, 1.54) is 0 Å². The Morgan fingerprint density at radius 1 is 1.14 bits per heavy atom. The van der Waals surface area contributed by atoms with Crippen LogP contribution in [0.3, 0.4) is 0 Å². The van der Waals surface area contributed by atoms with Crippen molar-refractivity contribution in [3.05, 3.63) is 59.5 Å². The van der Waals surface area contributed by atoms with Gasteiger partial charge in [-0.1, -0.05) is 30.4 Å². The van der Waals surface area contributed by atoms with E-state index in [1.54, 1.807) is 12.2 Å². The summed E-state index contributed by atoms with van der Waals surface area (Å²) < 4.78 is 0. The number of rotatable bonds is 1. The number of allylic oxidation sites excluding steroid dienone is 7. The summed E-state index contributed by atoms with van der Waals surface area (Å²) in [6, 6.07) is 0. The van der Waals surface area contributed by atoms with E-state index < -0.39 is 5.97 Å². The molecule has 1 aliphatic carbocycles. The Labute approximate surface area is 81.4 Å². The van der Waals surface area contributed by atoms with E-state index in [2.05, 4.69) is 5.32 Å². The number of hydrogen-bond acceptors (Lipinski definition) is 2. The van der Waals surface area contributed by atoms with E-state index >= 15 is 0 Å². The van der Waals surface area contributed by atoms with Gasteiger partial charge in [0.1, 0.15) is 5.70 Å². The fourth-order valence-electron chi connectivity index (χ4n) is 1.30. The lowest BCUT2D eigenvalue weighted by Crippen LogP contribution is -2.22. The smallest absolute Gasteiger partial charge is 0.352 e. The van der Waals surface area contributed by atoms with Gasteiger partial charge in [-0.05, 0) is 17.7 Å². The van der Waals surface area contributed by atoms with Crippen LogP contribution in [0.5, 0.6) is 0 Å². The first kappa shape index (κ1) is 8.56. The van der Waals surface area contributed by atoms with Gasteiger partial charge in [0.05, 0.1) is 0 Å². The molecule has 1 heterocycles. The first-order valence-electron chi connectivity index (χ1n) is 4.25. The Morgan fingerprint density at radius 3 is 2.79 bits per heavy atom. The van der Waals surface area contributed by atoms with Crippen molar-refractivity contribution in [3.8, 4) is 0 Å². The van der Waals surface area contributed by atoms with Gasteiger partial charge in [0.25, 0.3) is 0 Å². The summed E-state index contributed by atoms with van der Waals surface area (Å²) in [5.41, 5.74) is 2.00. The van der Waals surface area contributed by atoms with E-state index in [-0.39, 0.29) is 5.70 Å². The van der Waals surface area contributed by atoms with Crippen LogP contribution in [0.1, 0.15) is 0 Å². The number of fused-ring (bicyclic) bond motifs is 1. The van der Waals surface area contributed by atoms with Crippen LogP contribution in [-0.4, -0.2) is 11.1 Å². The molecule has 0 amide bonds. The highest BCUT2D eigenvalue weighted by atomic mass is 16.4. The third kappa shape index (κ3) is 1.52. The summed E-state index contributed by atoms with van der Waals surface area (Å²) in [7, 11) is 0. The first-order chi connectivity index (χ1) is 6.77. The molecule has 2 rings (SSSR count). The summed E-state index contributed by atoms with van der Waals surface area (Å²) in [4.78, 5) is 10.7. The summed E-state index contributed by atoms with van der Waals surface area (Å²) >= 11 is 0. The Balaban J connectivity index is 2.38. The van der Waals surface area contributed by atoms with Crippen molar-refractivity contribution in [2.24, 2.45) is 0 Å². The number of nitrogens with one attached hydrogen (secondary N) is 1. The Morgan fingerprint density at radius 2 is 2.00 bits per heavy atom. The minimum Gasteiger partial charge on any atom is -0.477 e. The van der Waals surface area contributed by atoms with Crippen LogP contribution in [0.15, 0.2) is 59.5 Å². The molecule has 0 saturated heterocycles. The molecule has 0 aromatic heterocycles. The molecule has 0 unspecified atom stereocenters. The van der Waals surface area contributed by atoms with E-state index in [9.17, 15) is 4.79 Å². The van der Waals surface area contributed by atoms with Crippen molar-refractivity contribution < 1.29 is 9.90 Å². The summed E-state index contributed by atoms with van der Waals surface area (Å²) in [6.07, 6.45) is 12.8. The average Bonchev–Trinajstić information content (AvgIpc) is 2.41. The minimum absolute atomic E-state index is 0.198. The number of dihydropyridines is 1. The van der Waals surface area contributed by atoms with E-state index in [1.807, 2.05) is 30.4 Å². The predicted octanol–water partition coefficient (Wildman–Crippen LogP) is 1.49. The van der Waals surface area contributed by atoms with Gasteiger partial charge in [0.15, 0.2) is 0 Å². The minimum atomic E-state index is -0.946. The number of carboxylic acid groups (broad SMARTS) is 1. The van der Waals surface area contributed by atoms with Gasteiger partial charge < -0.3 is 10.4 Å². The van der Waals surface area contributed by atoms with Gasteiger partial charge in [0, 0.05) is 5.70 Å². The van der Waals surface area contributed by atoms with Crippen molar-refractivity contribution in [1.82, 2.24) is 5.32 Å². The second kappa shape index (κ2) is 3.38. The zero-order chi connectivity index (χ0) is 9.97. The van der Waals surface area contributed by atoms with E-state index in [0.29, 0.717) is 0 Å². The normalized spacial score (nSPS) is 18.4. The summed E-state index contributed by atoms with van der Waals surface area (Å²) in [6.45, 7) is 0. The topological polar surface area (TPSA) is 49.3 Å². The lowest BCUT2D eigenvalue weighted by molar-refractivity contribution is -0.133. The molecule has 0 saturated carbocycles. The molecule has 3 heteroatoms. The van der Waals surface area contributed by atoms with Crippen LogP contribution in [-0.2, 0) is 4.79 Å². The van der Waals surface area contributed by atoms with E-state index in [4.69, 9.17) is 5.11 Å². The third-order valence-corrected chi connectivity index (χ3v) is 2.00. The zero-order valence-corrected chi connectivity index (χ0v) is 7.40. The molecule has 3 nitrogen and oxygen atoms in total. The fraction of sp³-hybridized carbons (Fsp3) is 0. The molecule has 2 N–H and O–H groups in total. The van der Waals surface area contributed by atoms with Crippen molar-refractivity contribution >= 4 is 5.97 Å². The second-order valence-corrected chi connectivity index (χ2v) is 2.96. The van der Waals surface area contributed by atoms with Gasteiger partial charge >= 0.3 is 5.97 Å². The number of carbonyl (C=O) groups is 1. The first-order valence-corrected chi connectivity index (χ1v) is 4.25. The molecule has 70 valence electrons. The molecule has 14 heavy (non-hydrogen) atoms. The molecule has 1 aliphatic heterocycles. The maximum Gasteiger partial charge on any atom is 0.352 e. The van der Waals surface area contributed by atoms with Crippen LogP contribution in [0, 0.1) is 0 Å². The molecular weight excluding hydrogens is 178 g/mol. The maximum atomic E-state index is 10.7. The van der Waals surface area contributed by atoms with Gasteiger partial charge in [-0.25, -0.2) is 4.79 Å². The summed E-state index contributed by atoms with van der Waals surface area (Å²) in [5.74, 6) is -0.946. The number of aliphatic carboxylic acids is 1. The predicted molar refractivity (Wildman–Crippen MR) is 53.3 cm³/mol. The largest absolute Gasteiger partial charge is 0.477 e. The van der Waals surface area contributed by atoms with Gasteiger partial charge in [-0.15, -0.1) is 0 Å². The average molecular weight is 187 g/mol. The molecule has 0 bridgehead atoms. The molecular formula is C11H9NO2. The zero-order valence-electron chi connectivity index (χ0n) is 7.40. The monoisotopic (exact) mass is 187 g/mol. The fourth-order valence-corrected chi connectivity index (χ4v) is 1.30. The Kier molecular flexibility index (Phi) is 2.07. The SMILES string of the molecule is O=C(O)C1=CC=C2C=CC=CC=C2N1. The molecule has 0 atom stereocenters. The van der Waals surface area contributed by atoms with Crippen LogP contribution < -0.4 is 5.32 Å². The van der Waals surface area contributed by atoms with Crippen LogP contribution >= 0.6 is 0 Å². The Hall–Kier alpha value is -2.03. The number of hydrogen-bond donors (Lipinski definition) is 2. The van der Waals surface area contributed by atoms with Gasteiger partial charge in [0.2, 0.25) is 0 Å². The second-order valence-electron chi connectivity index (χ2n) is 2.96. The van der Waals surface area contributed by atoms with Gasteiger partial charge in [-0.2, -0.15) is 0 Å². The van der Waals surface area contributed by atoms with Crippen molar-refractivity contribution in [2.75, 3.05) is 0 Å². The van der Waals surface area contributed by atoms with Crippen molar-refractivity contribution in [3.63, 3.8) is 0 Å². The van der Waals surface area contributed by atoms with Crippen LogP contribution in [0.25, 0.3) is 0 Å². The summed E-state index contributed by atoms with van der Waals surface area (Å²) in [5, 5.41) is 11.6. The lowest BCUT2D eigenvalue weighted by atomic mass is 10.1. The van der Waals surface area contributed by atoms with Crippen molar-refractivity contribution in [1.29, 1.82) is 0 Å². The highest BCUT2D eigenvalue weighted by molar-refractivity contribution is 5.87. The third-order valence-electron chi connectivity index (χ3n) is 2.00. The molecule has 0 spiro atoms. The Bertz CT molecular complexity index is 423. The van der Waals surface area contributed by atoms with Crippen LogP contribution in [0.4, 0.5) is 0 Å². The molecule has 0 aromatic carbocycles. The molecule has 0 aromatic rings. The van der Waals surface area contributed by atoms with Crippen LogP contribution in [0.2, 0.25) is 0 Å². The maximum absolute atomic E-state index is 10.7. The lowest BCUT2D eigenvalue weighted by Gasteiger charge is -2.15. The molecule has 0 fully saturated rings. The van der Waals surface area contributed by atoms with Crippen molar-refractivity contribution in [2.45, 2.75) is 0 Å². The van der Waals surface area contributed by atoms with E-state index in [0.717, 1.165) is 11.3 Å². The highest BCUT2D eigenvalue weighted by Crippen LogP contribution is 2.18. The highest BCUT2D eigenvalue weighted by Gasteiger charge is 2.14. The molecule has 0 radical (unpaired) electrons.